The van der Waals surface area contributed by atoms with Crippen LogP contribution in [0, 0.1) is 6.92 Å². The minimum Gasteiger partial charge on any atom is -0.456 e. The molecule has 1 N–H and O–H groups in total. The number of aromatic nitrogens is 5. The maximum Gasteiger partial charge on any atom is 0.282 e. The summed E-state index contributed by atoms with van der Waals surface area (Å²) in [6, 6.07) is 6.87. The lowest BCUT2D eigenvalue weighted by Crippen LogP contribution is -2.30. The van der Waals surface area contributed by atoms with Gasteiger partial charge in [-0.05, 0) is 25.1 Å². The molecule has 0 aromatic carbocycles. The van der Waals surface area contributed by atoms with Crippen LogP contribution < -0.4 is 20.2 Å². The molecule has 31 heavy (non-hydrogen) atoms. The van der Waals surface area contributed by atoms with Crippen LogP contribution in [-0.2, 0) is 14.1 Å². The molecule has 4 heterocycles. The number of nitrogens with zero attached hydrogens (tertiary/aromatic N) is 5. The second-order valence-electron chi connectivity index (χ2n) is 6.81. The second-order valence-corrected chi connectivity index (χ2v) is 7.69. The van der Waals surface area contributed by atoms with Gasteiger partial charge < -0.3 is 14.6 Å². The van der Waals surface area contributed by atoms with Gasteiger partial charge >= 0.3 is 0 Å². The van der Waals surface area contributed by atoms with Crippen molar-refractivity contribution in [2.24, 2.45) is 14.1 Å². The highest BCUT2D eigenvalue weighted by Gasteiger charge is 2.15. The van der Waals surface area contributed by atoms with E-state index in [0.717, 1.165) is 10.6 Å². The van der Waals surface area contributed by atoms with E-state index in [2.05, 4.69) is 20.3 Å². The largest absolute Gasteiger partial charge is 0.456 e. The van der Waals surface area contributed by atoms with Crippen molar-refractivity contribution in [2.45, 2.75) is 6.92 Å². The van der Waals surface area contributed by atoms with Crippen LogP contribution in [-0.4, -0.2) is 25.4 Å². The summed E-state index contributed by atoms with van der Waals surface area (Å²) in [5.74, 6) is 0.774. The van der Waals surface area contributed by atoms with Crippen LogP contribution in [0.3, 0.4) is 0 Å². The lowest BCUT2D eigenvalue weighted by molar-refractivity contribution is -0.666. The zero-order chi connectivity index (χ0) is 22.0. The fraction of sp³-hybridized carbons (Fsp3) is 0.143. The molecular formula is C21H19N6O3S+. The normalized spacial score (nSPS) is 10.7. The van der Waals surface area contributed by atoms with Crippen molar-refractivity contribution in [3.8, 4) is 22.1 Å². The summed E-state index contributed by atoms with van der Waals surface area (Å²) in [7, 11) is 3.54. The van der Waals surface area contributed by atoms with Crippen molar-refractivity contribution in [3.05, 3.63) is 76.3 Å². The molecule has 4 aromatic heterocycles. The van der Waals surface area contributed by atoms with Gasteiger partial charge in [-0.25, -0.2) is 9.97 Å². The van der Waals surface area contributed by atoms with Crippen LogP contribution >= 0.6 is 11.3 Å². The van der Waals surface area contributed by atoms with Gasteiger partial charge in [0.15, 0.2) is 11.9 Å². The Morgan fingerprint density at radius 3 is 2.71 bits per heavy atom. The quantitative estimate of drug-likeness (QED) is 0.483. The molecule has 0 bridgehead atoms. The molecule has 0 fully saturated rings. The summed E-state index contributed by atoms with van der Waals surface area (Å²) < 4.78 is 9.19. The summed E-state index contributed by atoms with van der Waals surface area (Å²) in [5, 5.41) is 2.58. The standard InChI is InChI=1S/C21H18N6O3S/c1-13-9-24-19(21(29)27(13)3)20(28)25-18-5-4-15(10-23-18)30-14-6-7-22-16(8-14)17-11-26(2)12-31-17/h4-12H,1-3H3/p+1. The topological polar surface area (TPSA) is 103 Å². The van der Waals surface area contributed by atoms with Crippen molar-refractivity contribution < 1.29 is 14.1 Å². The van der Waals surface area contributed by atoms with E-state index in [9.17, 15) is 9.59 Å². The number of nitrogens with one attached hydrogen (secondary N) is 1. The van der Waals surface area contributed by atoms with Gasteiger partial charge in [-0.1, -0.05) is 11.3 Å². The van der Waals surface area contributed by atoms with Gasteiger partial charge in [-0.15, -0.1) is 0 Å². The number of anilines is 1. The van der Waals surface area contributed by atoms with E-state index in [1.807, 2.05) is 29.4 Å². The predicted octanol–water partition coefficient (Wildman–Crippen LogP) is 2.48. The molecule has 0 atom stereocenters. The SMILES string of the molecule is Cc1cnc(C(=O)Nc2ccc(Oc3ccnc(-c4c[n+](C)cs4)c3)cn2)c(=O)n1C. The van der Waals surface area contributed by atoms with E-state index in [4.69, 9.17) is 4.74 Å². The van der Waals surface area contributed by atoms with Gasteiger partial charge in [0.05, 0.1) is 11.9 Å². The van der Waals surface area contributed by atoms with E-state index in [1.54, 1.807) is 49.7 Å². The van der Waals surface area contributed by atoms with Gasteiger partial charge in [0.2, 0.25) is 5.51 Å². The van der Waals surface area contributed by atoms with E-state index in [-0.39, 0.29) is 11.5 Å². The van der Waals surface area contributed by atoms with Crippen molar-refractivity contribution in [2.75, 3.05) is 5.32 Å². The summed E-state index contributed by atoms with van der Waals surface area (Å²) in [6.45, 7) is 1.74. The molecule has 156 valence electrons. The maximum absolute atomic E-state index is 12.4. The zero-order valence-corrected chi connectivity index (χ0v) is 17.9. The molecule has 1 amide bonds. The van der Waals surface area contributed by atoms with Crippen LogP contribution in [0.2, 0.25) is 0 Å². The molecule has 0 aliphatic rings. The van der Waals surface area contributed by atoms with Gasteiger partial charge in [-0.3, -0.25) is 14.6 Å². The first kappa shape index (κ1) is 20.4. The third-order valence-corrected chi connectivity index (χ3v) is 5.50. The highest BCUT2D eigenvalue weighted by atomic mass is 32.1. The molecule has 0 saturated carbocycles. The van der Waals surface area contributed by atoms with Crippen molar-refractivity contribution in [1.29, 1.82) is 0 Å². The van der Waals surface area contributed by atoms with Crippen LogP contribution in [0.25, 0.3) is 10.6 Å². The minimum atomic E-state index is -0.621. The molecular weight excluding hydrogens is 416 g/mol. The number of amides is 1. The van der Waals surface area contributed by atoms with E-state index < -0.39 is 11.5 Å². The van der Waals surface area contributed by atoms with Gasteiger partial charge in [0.1, 0.15) is 29.2 Å². The molecule has 4 rings (SSSR count). The Morgan fingerprint density at radius 2 is 2.00 bits per heavy atom. The van der Waals surface area contributed by atoms with Crippen molar-refractivity contribution >= 4 is 23.1 Å². The first-order valence-corrected chi connectivity index (χ1v) is 10.2. The maximum atomic E-state index is 12.4. The molecule has 0 aliphatic heterocycles. The highest BCUT2D eigenvalue weighted by Crippen LogP contribution is 2.27. The summed E-state index contributed by atoms with van der Waals surface area (Å²) >= 11 is 1.59. The molecule has 0 spiro atoms. The fourth-order valence-corrected chi connectivity index (χ4v) is 3.52. The third kappa shape index (κ3) is 4.48. The molecule has 10 heteroatoms. The Hall–Kier alpha value is -3.92. The minimum absolute atomic E-state index is 0.193. The number of carbonyl (C=O) groups excluding carboxylic acids is 1. The monoisotopic (exact) mass is 435 g/mol. The van der Waals surface area contributed by atoms with Gasteiger partial charge in [0.25, 0.3) is 11.5 Å². The van der Waals surface area contributed by atoms with E-state index in [1.165, 1.54) is 17.0 Å². The van der Waals surface area contributed by atoms with Gasteiger partial charge in [-0.2, -0.15) is 4.57 Å². The fourth-order valence-electron chi connectivity index (χ4n) is 2.72. The van der Waals surface area contributed by atoms with Crippen LogP contribution in [0.4, 0.5) is 5.82 Å². The second kappa shape index (κ2) is 8.44. The summed E-state index contributed by atoms with van der Waals surface area (Å²) in [6.07, 6.45) is 6.63. The first-order chi connectivity index (χ1) is 14.9. The Labute approximate surface area is 181 Å². The molecule has 0 unspecified atom stereocenters. The van der Waals surface area contributed by atoms with Crippen LogP contribution in [0.5, 0.6) is 11.5 Å². The molecule has 0 aliphatic carbocycles. The van der Waals surface area contributed by atoms with Crippen LogP contribution in [0.15, 0.2) is 59.4 Å². The van der Waals surface area contributed by atoms with E-state index in [0.29, 0.717) is 17.2 Å². The molecule has 0 saturated heterocycles. The number of pyridine rings is 2. The van der Waals surface area contributed by atoms with Gasteiger partial charge in [0, 0.05) is 31.2 Å². The Bertz CT molecular complexity index is 1310. The lowest BCUT2D eigenvalue weighted by atomic mass is 10.3. The third-order valence-electron chi connectivity index (χ3n) is 4.50. The number of carbonyl (C=O) groups is 1. The van der Waals surface area contributed by atoms with E-state index >= 15 is 0 Å². The number of rotatable bonds is 5. The first-order valence-electron chi connectivity index (χ1n) is 9.29. The molecule has 4 aromatic rings. The number of ether oxygens (including phenoxy) is 1. The molecule has 9 nitrogen and oxygen atoms in total. The predicted molar refractivity (Wildman–Crippen MR) is 115 cm³/mol. The highest BCUT2D eigenvalue weighted by molar-refractivity contribution is 7.12. The molecule has 0 radical (unpaired) electrons. The summed E-state index contributed by atoms with van der Waals surface area (Å²) in [5.41, 5.74) is 2.80. The Morgan fingerprint density at radius 1 is 1.16 bits per heavy atom. The number of hydrogen-bond donors (Lipinski definition) is 1. The average Bonchev–Trinajstić information content (AvgIpc) is 3.20. The Balaban J connectivity index is 1.46. The zero-order valence-electron chi connectivity index (χ0n) is 17.1. The number of aryl methyl sites for hydroxylation is 2. The van der Waals surface area contributed by atoms with Crippen molar-refractivity contribution in [3.63, 3.8) is 0 Å². The van der Waals surface area contributed by atoms with Crippen LogP contribution in [0.1, 0.15) is 16.2 Å². The van der Waals surface area contributed by atoms with Crippen molar-refractivity contribution in [1.82, 2.24) is 19.5 Å². The number of thiazole rings is 1. The number of hydrogen-bond acceptors (Lipinski definition) is 7. The Kier molecular flexibility index (Phi) is 5.54. The lowest BCUT2D eigenvalue weighted by Gasteiger charge is -2.08. The summed E-state index contributed by atoms with van der Waals surface area (Å²) in [4.78, 5) is 38.1. The smallest absolute Gasteiger partial charge is 0.282 e. The average molecular weight is 435 g/mol.